The van der Waals surface area contributed by atoms with Crippen LogP contribution in [0.4, 0.5) is 0 Å². The first-order valence-electron chi connectivity index (χ1n) is 6.33. The van der Waals surface area contributed by atoms with Crippen molar-refractivity contribution in [1.82, 2.24) is 0 Å². The van der Waals surface area contributed by atoms with E-state index < -0.39 is 5.41 Å². The molecule has 1 aliphatic rings. The number of hydrogen-bond donors (Lipinski definition) is 0. The summed E-state index contributed by atoms with van der Waals surface area (Å²) in [7, 11) is 0. The predicted octanol–water partition coefficient (Wildman–Crippen LogP) is 2.92. The van der Waals surface area contributed by atoms with Crippen molar-refractivity contribution in [3.63, 3.8) is 0 Å². The zero-order chi connectivity index (χ0) is 12.0. The molecule has 16 heavy (non-hydrogen) atoms. The maximum Gasteiger partial charge on any atom is 0.157 e. The molecule has 0 spiro atoms. The minimum Gasteiger partial charge on any atom is -0.353 e. The van der Waals surface area contributed by atoms with E-state index >= 15 is 0 Å². The van der Waals surface area contributed by atoms with Crippen LogP contribution in [-0.4, -0.2) is 25.3 Å². The Morgan fingerprint density at radius 1 is 1.50 bits per heavy atom. The lowest BCUT2D eigenvalue weighted by Crippen LogP contribution is -2.38. The highest BCUT2D eigenvalue weighted by atomic mass is 16.7. The van der Waals surface area contributed by atoms with Gasteiger partial charge in [-0.15, -0.1) is 0 Å². The summed E-state index contributed by atoms with van der Waals surface area (Å²) in [6, 6.07) is 0. The summed E-state index contributed by atoms with van der Waals surface area (Å²) in [4.78, 5) is 11.1. The largest absolute Gasteiger partial charge is 0.353 e. The average molecular weight is 228 g/mol. The van der Waals surface area contributed by atoms with Gasteiger partial charge in [-0.3, -0.25) is 0 Å². The van der Waals surface area contributed by atoms with Gasteiger partial charge < -0.3 is 14.3 Å². The molecule has 0 aromatic rings. The second kappa shape index (κ2) is 6.36. The van der Waals surface area contributed by atoms with Crippen molar-refractivity contribution in [3.8, 4) is 0 Å². The van der Waals surface area contributed by atoms with Gasteiger partial charge in [-0.05, 0) is 25.7 Å². The first-order valence-corrected chi connectivity index (χ1v) is 6.33. The van der Waals surface area contributed by atoms with E-state index in [1.165, 1.54) is 0 Å². The Kier molecular flexibility index (Phi) is 5.42. The molecular weight excluding hydrogens is 204 g/mol. The molecule has 0 bridgehead atoms. The zero-order valence-electron chi connectivity index (χ0n) is 10.7. The van der Waals surface area contributed by atoms with Gasteiger partial charge in [0.1, 0.15) is 6.29 Å². The van der Waals surface area contributed by atoms with Crippen LogP contribution in [0, 0.1) is 5.41 Å². The molecule has 2 unspecified atom stereocenters. The quantitative estimate of drug-likeness (QED) is 0.656. The maximum absolute atomic E-state index is 11.1. The zero-order valence-corrected chi connectivity index (χ0v) is 10.7. The lowest BCUT2D eigenvalue weighted by molar-refractivity contribution is -0.207. The Balaban J connectivity index is 2.52. The number of aldehydes is 1. The van der Waals surface area contributed by atoms with Gasteiger partial charge in [0.15, 0.2) is 6.29 Å². The second-order valence-corrected chi connectivity index (χ2v) is 5.15. The lowest BCUT2D eigenvalue weighted by Gasteiger charge is -2.34. The van der Waals surface area contributed by atoms with Crippen LogP contribution in [0.3, 0.4) is 0 Å². The van der Waals surface area contributed by atoms with Crippen molar-refractivity contribution in [2.45, 2.75) is 65.3 Å². The molecular formula is C13H24O3. The highest BCUT2D eigenvalue weighted by Crippen LogP contribution is 2.28. The Labute approximate surface area is 98.5 Å². The van der Waals surface area contributed by atoms with Crippen molar-refractivity contribution in [3.05, 3.63) is 0 Å². The van der Waals surface area contributed by atoms with Gasteiger partial charge in [0, 0.05) is 12.0 Å². The van der Waals surface area contributed by atoms with Crippen LogP contribution in [0.25, 0.3) is 0 Å². The van der Waals surface area contributed by atoms with Crippen molar-refractivity contribution in [2.24, 2.45) is 5.41 Å². The van der Waals surface area contributed by atoms with Crippen LogP contribution >= 0.6 is 0 Å². The Morgan fingerprint density at radius 2 is 2.25 bits per heavy atom. The van der Waals surface area contributed by atoms with Crippen LogP contribution in [0.2, 0.25) is 0 Å². The molecule has 0 radical (unpaired) electrons. The Bertz CT molecular complexity index is 207. The molecule has 1 saturated heterocycles. The topological polar surface area (TPSA) is 35.5 Å². The number of carbonyl (C=O) groups is 1. The molecule has 1 fully saturated rings. The summed E-state index contributed by atoms with van der Waals surface area (Å²) in [6.45, 7) is 6.76. The van der Waals surface area contributed by atoms with Crippen molar-refractivity contribution < 1.29 is 14.3 Å². The number of ether oxygens (including phenoxy) is 2. The van der Waals surface area contributed by atoms with Gasteiger partial charge in [0.25, 0.3) is 0 Å². The average Bonchev–Trinajstić information content (AvgIpc) is 2.30. The normalized spacial score (nSPS) is 24.1. The summed E-state index contributed by atoms with van der Waals surface area (Å²) in [5.74, 6) is 0. The number of hydrogen-bond acceptors (Lipinski definition) is 3. The van der Waals surface area contributed by atoms with Gasteiger partial charge >= 0.3 is 0 Å². The third kappa shape index (κ3) is 3.87. The van der Waals surface area contributed by atoms with Gasteiger partial charge in [-0.1, -0.05) is 27.2 Å². The second-order valence-electron chi connectivity index (χ2n) is 5.15. The molecule has 0 aromatic carbocycles. The minimum absolute atomic E-state index is 0.0295. The standard InChI is InChI=1S/C13H24O3/c1-4-7-11(13(2,3)10-14)16-12-8-5-6-9-15-12/h10-12H,4-9H2,1-3H3. The molecule has 1 rings (SSSR count). The predicted molar refractivity (Wildman–Crippen MR) is 63.2 cm³/mol. The van der Waals surface area contributed by atoms with E-state index in [0.717, 1.165) is 45.0 Å². The number of rotatable bonds is 6. The van der Waals surface area contributed by atoms with Crippen LogP contribution in [0.5, 0.6) is 0 Å². The van der Waals surface area contributed by atoms with Crippen molar-refractivity contribution in [1.29, 1.82) is 0 Å². The fourth-order valence-electron chi connectivity index (χ4n) is 1.96. The van der Waals surface area contributed by atoms with Crippen LogP contribution in [0.1, 0.15) is 52.9 Å². The van der Waals surface area contributed by atoms with Crippen molar-refractivity contribution >= 4 is 6.29 Å². The summed E-state index contributed by atoms with van der Waals surface area (Å²) in [5.41, 5.74) is -0.420. The molecule has 0 saturated carbocycles. The molecule has 2 atom stereocenters. The highest BCUT2D eigenvalue weighted by Gasteiger charge is 2.32. The van der Waals surface area contributed by atoms with Crippen molar-refractivity contribution in [2.75, 3.05) is 6.61 Å². The van der Waals surface area contributed by atoms with E-state index in [-0.39, 0.29) is 12.4 Å². The van der Waals surface area contributed by atoms with E-state index in [0.29, 0.717) is 0 Å². The van der Waals surface area contributed by atoms with Crippen LogP contribution < -0.4 is 0 Å². The summed E-state index contributed by atoms with van der Waals surface area (Å²) < 4.78 is 11.5. The monoisotopic (exact) mass is 228 g/mol. The molecule has 0 aliphatic carbocycles. The van der Waals surface area contributed by atoms with E-state index in [1.807, 2.05) is 13.8 Å². The molecule has 0 aromatic heterocycles. The highest BCUT2D eigenvalue weighted by molar-refractivity contribution is 5.59. The van der Waals surface area contributed by atoms with Crippen LogP contribution in [0.15, 0.2) is 0 Å². The van der Waals surface area contributed by atoms with E-state index in [4.69, 9.17) is 9.47 Å². The van der Waals surface area contributed by atoms with E-state index in [2.05, 4.69) is 6.92 Å². The lowest BCUT2D eigenvalue weighted by atomic mass is 9.85. The first-order chi connectivity index (χ1) is 7.60. The summed E-state index contributed by atoms with van der Waals surface area (Å²) in [6.07, 6.45) is 6.02. The summed E-state index contributed by atoms with van der Waals surface area (Å²) in [5, 5.41) is 0. The van der Waals surface area contributed by atoms with Gasteiger partial charge in [-0.25, -0.2) is 0 Å². The van der Waals surface area contributed by atoms with Gasteiger partial charge in [0.05, 0.1) is 6.10 Å². The fraction of sp³-hybridized carbons (Fsp3) is 0.923. The first kappa shape index (κ1) is 13.7. The molecule has 0 amide bonds. The molecule has 1 aliphatic heterocycles. The smallest absolute Gasteiger partial charge is 0.157 e. The maximum atomic E-state index is 11.1. The molecule has 3 nitrogen and oxygen atoms in total. The van der Waals surface area contributed by atoms with Gasteiger partial charge in [-0.2, -0.15) is 0 Å². The van der Waals surface area contributed by atoms with E-state index in [9.17, 15) is 4.79 Å². The minimum atomic E-state index is -0.420. The van der Waals surface area contributed by atoms with E-state index in [1.54, 1.807) is 0 Å². The third-order valence-corrected chi connectivity index (χ3v) is 3.14. The number of carbonyl (C=O) groups excluding carboxylic acids is 1. The molecule has 1 heterocycles. The molecule has 94 valence electrons. The molecule has 3 heteroatoms. The van der Waals surface area contributed by atoms with Gasteiger partial charge in [0.2, 0.25) is 0 Å². The Hall–Kier alpha value is -0.410. The fourth-order valence-corrected chi connectivity index (χ4v) is 1.96. The van der Waals surface area contributed by atoms with Crippen LogP contribution in [-0.2, 0) is 14.3 Å². The third-order valence-electron chi connectivity index (χ3n) is 3.14. The molecule has 0 N–H and O–H groups in total. The summed E-state index contributed by atoms with van der Waals surface area (Å²) >= 11 is 0. The SMILES string of the molecule is CCCC(OC1CCCCO1)C(C)(C)C=O. The Morgan fingerprint density at radius 3 is 2.75 bits per heavy atom.